The van der Waals surface area contributed by atoms with Crippen LogP contribution in [-0.2, 0) is 16.6 Å². The van der Waals surface area contributed by atoms with Gasteiger partial charge in [0.1, 0.15) is 5.82 Å². The minimum Gasteiger partial charge on any atom is -0.334 e. The number of rotatable bonds is 6. The molecule has 0 bridgehead atoms. The summed E-state index contributed by atoms with van der Waals surface area (Å²) in [6, 6.07) is 0. The Labute approximate surface area is 121 Å². The van der Waals surface area contributed by atoms with Crippen LogP contribution >= 0.6 is 0 Å². The summed E-state index contributed by atoms with van der Waals surface area (Å²) in [6.45, 7) is 7.50. The Kier molecular flexibility index (Phi) is 4.22. The van der Waals surface area contributed by atoms with E-state index in [4.69, 9.17) is 5.73 Å². The van der Waals surface area contributed by atoms with Crippen LogP contribution in [0, 0.1) is 6.92 Å². The normalized spacial score (nSPS) is 19.0. The third-order valence-electron chi connectivity index (χ3n) is 3.75. The lowest BCUT2D eigenvalue weighted by molar-refractivity contribution is 0.146. The molecule has 1 aromatic rings. The van der Waals surface area contributed by atoms with E-state index >= 15 is 0 Å². The Balaban J connectivity index is 2.14. The number of imidazole rings is 1. The van der Waals surface area contributed by atoms with Crippen LogP contribution in [0.15, 0.2) is 11.2 Å². The molecule has 0 aromatic carbocycles. The lowest BCUT2D eigenvalue weighted by atomic mass is 9.89. The van der Waals surface area contributed by atoms with Crippen LogP contribution in [0.2, 0.25) is 0 Å². The second-order valence-electron chi connectivity index (χ2n) is 5.71. The summed E-state index contributed by atoms with van der Waals surface area (Å²) in [4.78, 5) is 4.19. The van der Waals surface area contributed by atoms with Crippen molar-refractivity contribution in [3.8, 4) is 0 Å². The van der Waals surface area contributed by atoms with E-state index in [1.54, 1.807) is 6.20 Å². The van der Waals surface area contributed by atoms with E-state index in [2.05, 4.69) is 18.8 Å². The lowest BCUT2D eigenvalue weighted by Gasteiger charge is -2.46. The lowest BCUT2D eigenvalue weighted by Crippen LogP contribution is -2.68. The Morgan fingerprint density at radius 2 is 2.00 bits per heavy atom. The first kappa shape index (κ1) is 15.5. The highest BCUT2D eigenvalue weighted by atomic mass is 32.2. The van der Waals surface area contributed by atoms with Crippen molar-refractivity contribution in [3.63, 3.8) is 0 Å². The Morgan fingerprint density at radius 3 is 2.55 bits per heavy atom. The highest BCUT2D eigenvalue weighted by Gasteiger charge is 2.45. The van der Waals surface area contributed by atoms with E-state index in [0.717, 1.165) is 31.6 Å². The van der Waals surface area contributed by atoms with Gasteiger partial charge in [0.25, 0.3) is 10.0 Å². The highest BCUT2D eigenvalue weighted by Crippen LogP contribution is 2.29. The van der Waals surface area contributed by atoms with Crippen molar-refractivity contribution in [2.45, 2.75) is 57.1 Å². The van der Waals surface area contributed by atoms with Crippen molar-refractivity contribution in [2.75, 3.05) is 13.1 Å². The van der Waals surface area contributed by atoms with Gasteiger partial charge in [-0.05, 0) is 19.8 Å². The maximum absolute atomic E-state index is 12.5. The van der Waals surface area contributed by atoms with E-state index < -0.39 is 10.0 Å². The number of nitrogens with zero attached hydrogens (tertiary/aromatic N) is 3. The standard InChI is InChI=1S/C13H24N4O2S/c1-4-6-13(14)9-17(10-13)20(18,19)12-8-16(7-5-2)11(3)15-12/h8H,4-7,9-10,14H2,1-3H3. The van der Waals surface area contributed by atoms with Crippen LogP contribution in [0.1, 0.15) is 38.9 Å². The second kappa shape index (κ2) is 5.46. The van der Waals surface area contributed by atoms with Crippen LogP contribution in [-0.4, -0.2) is 40.9 Å². The minimum absolute atomic E-state index is 0.141. The molecule has 0 radical (unpaired) electrons. The van der Waals surface area contributed by atoms with Crippen LogP contribution < -0.4 is 5.73 Å². The predicted molar refractivity (Wildman–Crippen MR) is 77.8 cm³/mol. The predicted octanol–water partition coefficient (Wildman–Crippen LogP) is 1.10. The molecule has 2 N–H and O–H groups in total. The van der Waals surface area contributed by atoms with Crippen molar-refractivity contribution in [2.24, 2.45) is 5.73 Å². The largest absolute Gasteiger partial charge is 0.334 e. The molecule has 20 heavy (non-hydrogen) atoms. The first-order chi connectivity index (χ1) is 9.32. The molecule has 6 nitrogen and oxygen atoms in total. The zero-order valence-corrected chi connectivity index (χ0v) is 13.3. The maximum atomic E-state index is 12.5. The number of hydrogen-bond acceptors (Lipinski definition) is 4. The molecule has 114 valence electrons. The number of hydrogen-bond donors (Lipinski definition) is 1. The molecule has 1 aromatic heterocycles. The van der Waals surface area contributed by atoms with Gasteiger partial charge in [0, 0.05) is 31.4 Å². The molecule has 0 spiro atoms. The number of aryl methyl sites for hydroxylation is 2. The van der Waals surface area contributed by atoms with Crippen LogP contribution in [0.4, 0.5) is 0 Å². The molecule has 0 atom stereocenters. The quantitative estimate of drug-likeness (QED) is 0.853. The number of aromatic nitrogens is 2. The third-order valence-corrected chi connectivity index (χ3v) is 5.42. The van der Waals surface area contributed by atoms with Gasteiger partial charge in [-0.1, -0.05) is 20.3 Å². The zero-order valence-electron chi connectivity index (χ0n) is 12.5. The van der Waals surface area contributed by atoms with Crippen molar-refractivity contribution < 1.29 is 8.42 Å². The molecule has 1 aliphatic rings. The Bertz CT molecular complexity index is 573. The van der Waals surface area contributed by atoms with Crippen molar-refractivity contribution in [1.29, 1.82) is 0 Å². The number of nitrogens with two attached hydrogens (primary N) is 1. The molecule has 1 saturated heterocycles. The van der Waals surface area contributed by atoms with Crippen LogP contribution in [0.5, 0.6) is 0 Å². The topological polar surface area (TPSA) is 81.2 Å². The van der Waals surface area contributed by atoms with Crippen molar-refractivity contribution in [3.05, 3.63) is 12.0 Å². The summed E-state index contributed by atoms with van der Waals surface area (Å²) in [7, 11) is -3.49. The summed E-state index contributed by atoms with van der Waals surface area (Å²) in [5, 5.41) is 0.141. The SMILES string of the molecule is CCCn1cc(S(=O)(=O)N2CC(N)(CCC)C2)nc1C. The summed E-state index contributed by atoms with van der Waals surface area (Å²) in [5.74, 6) is 0.735. The molecule has 2 rings (SSSR count). The summed E-state index contributed by atoms with van der Waals surface area (Å²) < 4.78 is 28.3. The van der Waals surface area contributed by atoms with Gasteiger partial charge < -0.3 is 10.3 Å². The summed E-state index contributed by atoms with van der Waals surface area (Å²) >= 11 is 0. The van der Waals surface area contributed by atoms with E-state index in [-0.39, 0.29) is 10.6 Å². The van der Waals surface area contributed by atoms with E-state index in [0.29, 0.717) is 13.1 Å². The Morgan fingerprint density at radius 1 is 1.35 bits per heavy atom. The van der Waals surface area contributed by atoms with Crippen molar-refractivity contribution in [1.82, 2.24) is 13.9 Å². The molecule has 2 heterocycles. The molecule has 1 fully saturated rings. The first-order valence-electron chi connectivity index (χ1n) is 7.15. The Hall–Kier alpha value is -0.920. The molecular formula is C13H24N4O2S. The smallest absolute Gasteiger partial charge is 0.262 e. The molecule has 0 aliphatic carbocycles. The van der Waals surface area contributed by atoms with Gasteiger partial charge in [0.2, 0.25) is 0 Å². The van der Waals surface area contributed by atoms with Crippen LogP contribution in [0.3, 0.4) is 0 Å². The van der Waals surface area contributed by atoms with Gasteiger partial charge in [-0.25, -0.2) is 13.4 Å². The monoisotopic (exact) mass is 300 g/mol. The molecule has 0 unspecified atom stereocenters. The summed E-state index contributed by atoms with van der Waals surface area (Å²) in [6.07, 6.45) is 4.39. The van der Waals surface area contributed by atoms with Gasteiger partial charge in [0.15, 0.2) is 5.03 Å². The molecule has 7 heteroatoms. The maximum Gasteiger partial charge on any atom is 0.262 e. The molecule has 0 amide bonds. The fourth-order valence-electron chi connectivity index (χ4n) is 2.69. The first-order valence-corrected chi connectivity index (χ1v) is 8.59. The molecular weight excluding hydrogens is 276 g/mol. The summed E-state index contributed by atoms with van der Waals surface area (Å²) in [5.41, 5.74) is 5.77. The average Bonchev–Trinajstić information content (AvgIpc) is 2.69. The highest BCUT2D eigenvalue weighted by molar-refractivity contribution is 7.89. The molecule has 0 saturated carbocycles. The van der Waals surface area contributed by atoms with Gasteiger partial charge in [-0.3, -0.25) is 0 Å². The van der Waals surface area contributed by atoms with Crippen LogP contribution in [0.25, 0.3) is 0 Å². The average molecular weight is 300 g/mol. The third kappa shape index (κ3) is 2.75. The van der Waals surface area contributed by atoms with E-state index in [1.165, 1.54) is 4.31 Å². The fraction of sp³-hybridized carbons (Fsp3) is 0.769. The second-order valence-corrected chi connectivity index (χ2v) is 7.59. The number of sulfonamides is 1. The van der Waals surface area contributed by atoms with Gasteiger partial charge >= 0.3 is 0 Å². The zero-order chi connectivity index (χ0) is 15.0. The fourth-order valence-corrected chi connectivity index (χ4v) is 4.31. The van der Waals surface area contributed by atoms with Gasteiger partial charge in [0.05, 0.1) is 0 Å². The van der Waals surface area contributed by atoms with E-state index in [1.807, 2.05) is 11.5 Å². The van der Waals surface area contributed by atoms with Gasteiger partial charge in [-0.15, -0.1) is 0 Å². The molecule has 1 aliphatic heterocycles. The van der Waals surface area contributed by atoms with Crippen molar-refractivity contribution >= 4 is 10.0 Å². The van der Waals surface area contributed by atoms with Gasteiger partial charge in [-0.2, -0.15) is 4.31 Å². The van der Waals surface area contributed by atoms with E-state index in [9.17, 15) is 8.42 Å². The minimum atomic E-state index is -3.49.